The lowest BCUT2D eigenvalue weighted by Crippen LogP contribution is -2.49. The van der Waals surface area contributed by atoms with Crippen LogP contribution in [0.5, 0.6) is 0 Å². The number of hydrogen-bond acceptors (Lipinski definition) is 3. The summed E-state index contributed by atoms with van der Waals surface area (Å²) in [7, 11) is -4.35. The molecule has 2 N–H and O–H groups in total. The van der Waals surface area contributed by atoms with Crippen LogP contribution in [0.25, 0.3) is 0 Å². The van der Waals surface area contributed by atoms with Gasteiger partial charge in [-0.25, -0.2) is 8.42 Å². The van der Waals surface area contributed by atoms with Crippen LogP contribution in [0.1, 0.15) is 40.7 Å². The van der Waals surface area contributed by atoms with E-state index in [2.05, 4.69) is 5.32 Å². The highest BCUT2D eigenvalue weighted by Crippen LogP contribution is 2.30. The van der Waals surface area contributed by atoms with Gasteiger partial charge < -0.3 is 5.32 Å². The Morgan fingerprint density at radius 1 is 1.03 bits per heavy atom. The first kappa shape index (κ1) is 22.6. The third-order valence-electron chi connectivity index (χ3n) is 5.46. The van der Waals surface area contributed by atoms with Gasteiger partial charge in [-0.2, -0.15) is 17.9 Å². The number of sulfonamides is 1. The predicted molar refractivity (Wildman–Crippen MR) is 112 cm³/mol. The Kier molecular flexibility index (Phi) is 6.48. The molecule has 0 bridgehead atoms. The monoisotopic (exact) mass is 440 g/mol. The Labute approximate surface area is 175 Å². The Balaban J connectivity index is 1.84. The normalized spacial score (nSPS) is 15.5. The van der Waals surface area contributed by atoms with Gasteiger partial charge in [0.25, 0.3) is 0 Å². The van der Waals surface area contributed by atoms with E-state index in [1.807, 2.05) is 23.8 Å². The van der Waals surface area contributed by atoms with E-state index in [1.165, 1.54) is 0 Å². The molecule has 3 rings (SSSR count). The van der Waals surface area contributed by atoms with Gasteiger partial charge >= 0.3 is 6.18 Å². The molecular formula is C22H27F3N2O2S. The fraction of sp³-hybridized carbons (Fsp3) is 0.455. The SMILES string of the molecule is Cc1cc(C)c(S(=O)(=O)NC(CNc2cccc3c2CCCC3)C(F)(F)F)c(C)c1. The molecular weight excluding hydrogens is 413 g/mol. The molecule has 4 nitrogen and oxygen atoms in total. The highest BCUT2D eigenvalue weighted by molar-refractivity contribution is 7.89. The molecule has 2 aromatic carbocycles. The molecule has 0 aromatic heterocycles. The van der Waals surface area contributed by atoms with E-state index in [0.717, 1.165) is 42.4 Å². The van der Waals surface area contributed by atoms with E-state index < -0.39 is 28.8 Å². The summed E-state index contributed by atoms with van der Waals surface area (Å²) in [6, 6.07) is 6.62. The molecule has 0 saturated heterocycles. The van der Waals surface area contributed by atoms with E-state index >= 15 is 0 Å². The standard InChI is InChI=1S/C22H27F3N2O2S/c1-14-11-15(2)21(16(3)12-14)30(28,29)27-20(22(23,24)25)13-26-19-10-6-8-17-7-4-5-9-18(17)19/h6,8,10-12,20,26-27H,4-5,7,9,13H2,1-3H3. The van der Waals surface area contributed by atoms with Crippen LogP contribution < -0.4 is 10.0 Å². The van der Waals surface area contributed by atoms with Crippen LogP contribution in [0.15, 0.2) is 35.2 Å². The van der Waals surface area contributed by atoms with Crippen molar-refractivity contribution < 1.29 is 21.6 Å². The van der Waals surface area contributed by atoms with Gasteiger partial charge in [0.15, 0.2) is 0 Å². The minimum atomic E-state index is -4.73. The summed E-state index contributed by atoms with van der Waals surface area (Å²) in [5.41, 5.74) is 4.51. The van der Waals surface area contributed by atoms with Crippen molar-refractivity contribution in [3.8, 4) is 0 Å². The molecule has 0 aliphatic heterocycles. The maximum atomic E-state index is 13.7. The number of halogens is 3. The number of benzene rings is 2. The van der Waals surface area contributed by atoms with Gasteiger partial charge in [0.2, 0.25) is 10.0 Å². The maximum Gasteiger partial charge on any atom is 0.406 e. The first-order valence-corrected chi connectivity index (χ1v) is 11.5. The number of alkyl halides is 3. The van der Waals surface area contributed by atoms with Crippen LogP contribution in [0.3, 0.4) is 0 Å². The minimum Gasteiger partial charge on any atom is -0.383 e. The molecule has 0 amide bonds. The van der Waals surface area contributed by atoms with Crippen molar-refractivity contribution in [2.24, 2.45) is 0 Å². The molecule has 1 aliphatic rings. The van der Waals surface area contributed by atoms with E-state index in [9.17, 15) is 21.6 Å². The van der Waals surface area contributed by atoms with Crippen molar-refractivity contribution in [1.82, 2.24) is 4.72 Å². The number of rotatable bonds is 6. The predicted octanol–water partition coefficient (Wildman–Crippen LogP) is 4.81. The molecule has 1 atom stereocenters. The van der Waals surface area contributed by atoms with Gasteiger partial charge in [0.05, 0.1) is 4.90 Å². The van der Waals surface area contributed by atoms with E-state index in [0.29, 0.717) is 16.8 Å². The molecule has 0 radical (unpaired) electrons. The highest BCUT2D eigenvalue weighted by atomic mass is 32.2. The third-order valence-corrected chi connectivity index (χ3v) is 7.23. The van der Waals surface area contributed by atoms with Crippen molar-refractivity contribution in [1.29, 1.82) is 0 Å². The van der Waals surface area contributed by atoms with Gasteiger partial charge in [-0.15, -0.1) is 0 Å². The number of hydrogen-bond donors (Lipinski definition) is 2. The van der Waals surface area contributed by atoms with E-state index in [4.69, 9.17) is 0 Å². The zero-order chi connectivity index (χ0) is 22.1. The second-order valence-corrected chi connectivity index (χ2v) is 9.63. The summed E-state index contributed by atoms with van der Waals surface area (Å²) in [6.45, 7) is 4.41. The van der Waals surface area contributed by atoms with Gasteiger partial charge in [0.1, 0.15) is 6.04 Å². The van der Waals surface area contributed by atoms with Crippen molar-refractivity contribution in [2.75, 3.05) is 11.9 Å². The molecule has 0 saturated carbocycles. The summed E-state index contributed by atoms with van der Waals surface area (Å²) in [6.07, 6.45) is -0.958. The highest BCUT2D eigenvalue weighted by Gasteiger charge is 2.42. The van der Waals surface area contributed by atoms with Crippen molar-refractivity contribution >= 4 is 15.7 Å². The number of nitrogens with one attached hydrogen (secondary N) is 2. The Bertz CT molecular complexity index is 1010. The zero-order valence-corrected chi connectivity index (χ0v) is 18.2. The minimum absolute atomic E-state index is 0.0977. The Morgan fingerprint density at radius 2 is 1.67 bits per heavy atom. The quantitative estimate of drug-likeness (QED) is 0.678. The lowest BCUT2D eigenvalue weighted by molar-refractivity contribution is -0.148. The third kappa shape index (κ3) is 4.98. The average molecular weight is 441 g/mol. The van der Waals surface area contributed by atoms with Crippen LogP contribution in [-0.2, 0) is 22.9 Å². The summed E-state index contributed by atoms with van der Waals surface area (Å²) in [5.74, 6) is 0. The Morgan fingerprint density at radius 3 is 2.30 bits per heavy atom. The molecule has 0 heterocycles. The van der Waals surface area contributed by atoms with Crippen molar-refractivity contribution in [2.45, 2.75) is 63.6 Å². The first-order chi connectivity index (χ1) is 14.0. The van der Waals surface area contributed by atoms with Crippen LogP contribution in [0.2, 0.25) is 0 Å². The fourth-order valence-corrected chi connectivity index (χ4v) is 5.90. The Hall–Kier alpha value is -2.06. The van der Waals surface area contributed by atoms with Crippen LogP contribution in [-0.4, -0.2) is 27.2 Å². The molecule has 8 heteroatoms. The summed E-state index contributed by atoms with van der Waals surface area (Å²) < 4.78 is 68.7. The summed E-state index contributed by atoms with van der Waals surface area (Å²) in [4.78, 5) is -0.0977. The van der Waals surface area contributed by atoms with E-state index in [-0.39, 0.29) is 4.90 Å². The van der Waals surface area contributed by atoms with Crippen LogP contribution in [0.4, 0.5) is 18.9 Å². The van der Waals surface area contributed by atoms with Gasteiger partial charge in [-0.1, -0.05) is 29.8 Å². The fourth-order valence-electron chi connectivity index (χ4n) is 4.22. The first-order valence-electron chi connectivity index (χ1n) is 10.0. The van der Waals surface area contributed by atoms with Crippen molar-refractivity contribution in [3.05, 3.63) is 58.1 Å². The molecule has 1 unspecified atom stereocenters. The van der Waals surface area contributed by atoms with Gasteiger partial charge in [-0.05, 0) is 74.8 Å². The summed E-state index contributed by atoms with van der Waals surface area (Å²) in [5, 5.41) is 2.84. The van der Waals surface area contributed by atoms with Gasteiger partial charge in [0, 0.05) is 12.2 Å². The molecule has 0 fully saturated rings. The molecule has 2 aromatic rings. The second kappa shape index (κ2) is 8.59. The van der Waals surface area contributed by atoms with Crippen molar-refractivity contribution in [3.63, 3.8) is 0 Å². The van der Waals surface area contributed by atoms with Crippen LogP contribution in [0, 0.1) is 20.8 Å². The molecule has 30 heavy (non-hydrogen) atoms. The smallest absolute Gasteiger partial charge is 0.383 e. The molecule has 164 valence electrons. The molecule has 1 aliphatic carbocycles. The topological polar surface area (TPSA) is 58.2 Å². The number of fused-ring (bicyclic) bond motifs is 1. The van der Waals surface area contributed by atoms with Gasteiger partial charge in [-0.3, -0.25) is 0 Å². The maximum absolute atomic E-state index is 13.7. The summed E-state index contributed by atoms with van der Waals surface area (Å²) >= 11 is 0. The number of aryl methyl sites for hydroxylation is 4. The molecule has 0 spiro atoms. The lowest BCUT2D eigenvalue weighted by Gasteiger charge is -2.25. The zero-order valence-electron chi connectivity index (χ0n) is 17.4. The number of anilines is 1. The van der Waals surface area contributed by atoms with Crippen LogP contribution >= 0.6 is 0 Å². The lowest BCUT2D eigenvalue weighted by atomic mass is 9.90. The largest absolute Gasteiger partial charge is 0.406 e. The average Bonchev–Trinajstić information content (AvgIpc) is 2.63. The second-order valence-electron chi connectivity index (χ2n) is 7.97. The van der Waals surface area contributed by atoms with E-state index in [1.54, 1.807) is 32.0 Å².